The van der Waals surface area contributed by atoms with Crippen LogP contribution in [-0.2, 0) is 4.79 Å². The number of hydrogen-bond donors (Lipinski definition) is 1. The number of nitrogens with zero attached hydrogens (tertiary/aromatic N) is 1. The Morgan fingerprint density at radius 3 is 2.57 bits per heavy atom. The number of nitrogens with one attached hydrogen (secondary N) is 1. The summed E-state index contributed by atoms with van der Waals surface area (Å²) in [7, 11) is 0. The molecule has 1 unspecified atom stereocenters. The second-order valence-electron chi connectivity index (χ2n) is 7.57. The molecule has 1 N–H and O–H groups in total. The van der Waals surface area contributed by atoms with Gasteiger partial charge in [0.1, 0.15) is 5.82 Å². The van der Waals surface area contributed by atoms with Crippen molar-refractivity contribution in [3.05, 3.63) is 65.0 Å². The second-order valence-corrected chi connectivity index (χ2v) is 7.57. The molecule has 1 fully saturated rings. The average molecular weight is 382 g/mol. The second kappa shape index (κ2) is 9.00. The van der Waals surface area contributed by atoms with E-state index < -0.39 is 0 Å². The number of rotatable bonds is 6. The highest BCUT2D eigenvalue weighted by Crippen LogP contribution is 2.24. The van der Waals surface area contributed by atoms with Crippen molar-refractivity contribution in [1.29, 1.82) is 0 Å². The third-order valence-electron chi connectivity index (χ3n) is 5.24. The minimum Gasteiger partial charge on any atom is -0.369 e. The van der Waals surface area contributed by atoms with Gasteiger partial charge in [-0.15, -0.1) is 0 Å². The first-order valence-electron chi connectivity index (χ1n) is 9.82. The molecule has 1 aliphatic heterocycles. The van der Waals surface area contributed by atoms with Crippen molar-refractivity contribution < 1.29 is 14.0 Å². The number of ketones is 1. The summed E-state index contributed by atoms with van der Waals surface area (Å²) in [6, 6.07) is 12.3. The Labute approximate surface area is 165 Å². The van der Waals surface area contributed by atoms with Crippen molar-refractivity contribution in [2.45, 2.75) is 45.6 Å². The van der Waals surface area contributed by atoms with E-state index in [-0.39, 0.29) is 36.4 Å². The van der Waals surface area contributed by atoms with Crippen molar-refractivity contribution >= 4 is 17.4 Å². The molecule has 0 radical (unpaired) electrons. The van der Waals surface area contributed by atoms with Crippen molar-refractivity contribution in [2.75, 3.05) is 18.0 Å². The van der Waals surface area contributed by atoms with Gasteiger partial charge in [0.2, 0.25) is 5.91 Å². The van der Waals surface area contributed by atoms with Gasteiger partial charge in [-0.25, -0.2) is 4.39 Å². The Balaban J connectivity index is 1.51. The maximum Gasteiger partial charge on any atom is 0.220 e. The van der Waals surface area contributed by atoms with Crippen LogP contribution in [-0.4, -0.2) is 30.8 Å². The van der Waals surface area contributed by atoms with Crippen LogP contribution in [0.3, 0.4) is 0 Å². The maximum atomic E-state index is 13.4. The molecular weight excluding hydrogens is 355 g/mol. The molecule has 0 spiro atoms. The van der Waals surface area contributed by atoms with Crippen molar-refractivity contribution in [2.24, 2.45) is 0 Å². The van der Waals surface area contributed by atoms with Crippen LogP contribution in [0.4, 0.5) is 10.1 Å². The predicted octanol–water partition coefficient (Wildman–Crippen LogP) is 4.19. The first-order valence-corrected chi connectivity index (χ1v) is 9.82. The van der Waals surface area contributed by atoms with Gasteiger partial charge in [0, 0.05) is 43.2 Å². The van der Waals surface area contributed by atoms with E-state index in [1.165, 1.54) is 12.1 Å². The first kappa shape index (κ1) is 20.1. The fourth-order valence-electron chi connectivity index (χ4n) is 3.70. The van der Waals surface area contributed by atoms with Crippen molar-refractivity contribution in [3.63, 3.8) is 0 Å². The summed E-state index contributed by atoms with van der Waals surface area (Å²) in [5.74, 6) is -0.341. The SMILES string of the molecule is Cc1ccc(C(=O)CCC(=O)NC2CCCN(c3ccc(F)cc3C)C2)cc1. The molecule has 0 aliphatic carbocycles. The van der Waals surface area contributed by atoms with E-state index in [0.29, 0.717) is 12.1 Å². The normalized spacial score (nSPS) is 16.7. The Morgan fingerprint density at radius 1 is 1.11 bits per heavy atom. The predicted molar refractivity (Wildman–Crippen MR) is 109 cm³/mol. The Bertz CT molecular complexity index is 848. The molecule has 4 nitrogen and oxygen atoms in total. The van der Waals surface area contributed by atoms with Crippen LogP contribution < -0.4 is 10.2 Å². The summed E-state index contributed by atoms with van der Waals surface area (Å²) in [6.07, 6.45) is 2.28. The lowest BCUT2D eigenvalue weighted by molar-refractivity contribution is -0.121. The molecule has 5 heteroatoms. The lowest BCUT2D eigenvalue weighted by Crippen LogP contribution is -2.48. The zero-order valence-electron chi connectivity index (χ0n) is 16.5. The lowest BCUT2D eigenvalue weighted by Gasteiger charge is -2.35. The summed E-state index contributed by atoms with van der Waals surface area (Å²) in [4.78, 5) is 26.8. The summed E-state index contributed by atoms with van der Waals surface area (Å²) >= 11 is 0. The van der Waals surface area contributed by atoms with Crippen LogP contribution in [0, 0.1) is 19.7 Å². The number of benzene rings is 2. The minimum absolute atomic E-state index is 0.0117. The van der Waals surface area contributed by atoms with E-state index in [9.17, 15) is 14.0 Å². The minimum atomic E-state index is -0.235. The Morgan fingerprint density at radius 2 is 1.86 bits per heavy atom. The van der Waals surface area contributed by atoms with Gasteiger partial charge in [-0.2, -0.15) is 0 Å². The molecule has 2 aromatic rings. The van der Waals surface area contributed by atoms with Gasteiger partial charge in [-0.05, 0) is 50.5 Å². The smallest absolute Gasteiger partial charge is 0.220 e. The van der Waals surface area contributed by atoms with E-state index >= 15 is 0 Å². The Hall–Kier alpha value is -2.69. The number of hydrogen-bond acceptors (Lipinski definition) is 3. The summed E-state index contributed by atoms with van der Waals surface area (Å²) in [5, 5.41) is 3.06. The molecule has 1 atom stereocenters. The molecule has 2 aromatic carbocycles. The quantitative estimate of drug-likeness (QED) is 0.762. The molecule has 1 saturated heterocycles. The van der Waals surface area contributed by atoms with Gasteiger partial charge in [-0.1, -0.05) is 29.8 Å². The van der Waals surface area contributed by atoms with E-state index in [0.717, 1.165) is 36.2 Å². The Kier molecular flexibility index (Phi) is 6.45. The van der Waals surface area contributed by atoms with Crippen molar-refractivity contribution in [1.82, 2.24) is 5.32 Å². The van der Waals surface area contributed by atoms with Gasteiger partial charge in [-0.3, -0.25) is 9.59 Å². The number of carbonyl (C=O) groups is 2. The van der Waals surface area contributed by atoms with Crippen LogP contribution in [0.25, 0.3) is 0 Å². The number of anilines is 1. The third-order valence-corrected chi connectivity index (χ3v) is 5.24. The lowest BCUT2D eigenvalue weighted by atomic mass is 10.0. The van der Waals surface area contributed by atoms with Gasteiger partial charge < -0.3 is 10.2 Å². The topological polar surface area (TPSA) is 49.4 Å². The number of amides is 1. The first-order chi connectivity index (χ1) is 13.4. The van der Waals surface area contributed by atoms with Gasteiger partial charge in [0.15, 0.2) is 5.78 Å². The van der Waals surface area contributed by atoms with E-state index in [1.807, 2.05) is 26.0 Å². The highest BCUT2D eigenvalue weighted by atomic mass is 19.1. The largest absolute Gasteiger partial charge is 0.369 e. The fraction of sp³-hybridized carbons (Fsp3) is 0.391. The van der Waals surface area contributed by atoms with Crippen LogP contribution >= 0.6 is 0 Å². The number of carbonyl (C=O) groups excluding carboxylic acids is 2. The number of Topliss-reactive ketones (excluding diaryl/α,β-unsaturated/α-hetero) is 1. The van der Waals surface area contributed by atoms with E-state index in [4.69, 9.17) is 0 Å². The highest BCUT2D eigenvalue weighted by Gasteiger charge is 2.23. The fourth-order valence-corrected chi connectivity index (χ4v) is 3.70. The van der Waals surface area contributed by atoms with Crippen LogP contribution in [0.1, 0.15) is 47.2 Å². The molecule has 0 aromatic heterocycles. The maximum absolute atomic E-state index is 13.4. The average Bonchev–Trinajstić information content (AvgIpc) is 2.67. The highest BCUT2D eigenvalue weighted by molar-refractivity contribution is 5.98. The molecular formula is C23H27FN2O2. The number of halogens is 1. The van der Waals surface area contributed by atoms with E-state index in [1.54, 1.807) is 18.2 Å². The molecule has 3 rings (SSSR count). The van der Waals surface area contributed by atoms with Gasteiger partial charge in [0.05, 0.1) is 0 Å². The monoisotopic (exact) mass is 382 g/mol. The molecule has 1 aliphatic rings. The number of aryl methyl sites for hydroxylation is 2. The molecule has 148 valence electrons. The van der Waals surface area contributed by atoms with Gasteiger partial charge >= 0.3 is 0 Å². The molecule has 1 heterocycles. The molecule has 0 saturated carbocycles. The summed E-state index contributed by atoms with van der Waals surface area (Å²) < 4.78 is 13.4. The summed E-state index contributed by atoms with van der Waals surface area (Å²) in [5.41, 5.74) is 3.66. The zero-order valence-corrected chi connectivity index (χ0v) is 16.5. The third kappa shape index (κ3) is 5.18. The van der Waals surface area contributed by atoms with E-state index in [2.05, 4.69) is 10.2 Å². The van der Waals surface area contributed by atoms with Crippen LogP contribution in [0.5, 0.6) is 0 Å². The molecule has 0 bridgehead atoms. The van der Waals surface area contributed by atoms with Gasteiger partial charge in [0.25, 0.3) is 0 Å². The van der Waals surface area contributed by atoms with Crippen molar-refractivity contribution in [3.8, 4) is 0 Å². The van der Waals surface area contributed by atoms with Crippen LogP contribution in [0.2, 0.25) is 0 Å². The molecule has 1 amide bonds. The van der Waals surface area contributed by atoms with Crippen LogP contribution in [0.15, 0.2) is 42.5 Å². The zero-order chi connectivity index (χ0) is 20.1. The summed E-state index contributed by atoms with van der Waals surface area (Å²) in [6.45, 7) is 5.47. The number of piperidine rings is 1. The standard InChI is InChI=1S/C23H27FN2O2/c1-16-5-7-18(8-6-16)22(27)11-12-23(28)25-20-4-3-13-26(15-20)21-10-9-19(24)14-17(21)2/h5-10,14,20H,3-4,11-13,15H2,1-2H3,(H,25,28). The molecule has 28 heavy (non-hydrogen) atoms.